The number of carboxylic acid groups (broad SMARTS) is 1. The van der Waals surface area contributed by atoms with Crippen LogP contribution in [-0.2, 0) is 9.53 Å². The smallest absolute Gasteiger partial charge is 0.407 e. The minimum Gasteiger partial charge on any atom is -0.480 e. The molecule has 0 heterocycles. The first kappa shape index (κ1) is 15.5. The summed E-state index contributed by atoms with van der Waals surface area (Å²) in [5.74, 6) is -1.07. The first-order chi connectivity index (χ1) is 7.79. The fourth-order valence-corrected chi connectivity index (χ4v) is 1.20. The molecule has 1 amide bonds. The average molecular weight is 243 g/mol. The topological polar surface area (TPSA) is 75.6 Å². The molecule has 0 saturated carbocycles. The Morgan fingerprint density at radius 2 is 2.06 bits per heavy atom. The van der Waals surface area contributed by atoms with Crippen LogP contribution in [0.3, 0.4) is 0 Å². The van der Waals surface area contributed by atoms with Gasteiger partial charge in [-0.2, -0.15) is 0 Å². The first-order valence-electron chi connectivity index (χ1n) is 5.56. The average Bonchev–Trinajstić information content (AvgIpc) is 2.19. The number of carboxylic acids is 1. The molecule has 0 rings (SSSR count). The van der Waals surface area contributed by atoms with Gasteiger partial charge in [0, 0.05) is 0 Å². The van der Waals surface area contributed by atoms with Crippen LogP contribution in [0.2, 0.25) is 0 Å². The van der Waals surface area contributed by atoms with Gasteiger partial charge in [0.15, 0.2) is 0 Å². The van der Waals surface area contributed by atoms with Crippen molar-refractivity contribution in [1.82, 2.24) is 5.32 Å². The fourth-order valence-electron chi connectivity index (χ4n) is 1.20. The molecule has 0 aromatic carbocycles. The number of alkyl carbamates (subject to hydrolysis) is 1. The van der Waals surface area contributed by atoms with Gasteiger partial charge in [0.25, 0.3) is 0 Å². The maximum absolute atomic E-state index is 11.3. The van der Waals surface area contributed by atoms with E-state index in [2.05, 4.69) is 11.9 Å². The number of aliphatic carboxylic acids is 1. The van der Waals surface area contributed by atoms with Gasteiger partial charge in [0.05, 0.1) is 6.61 Å². The van der Waals surface area contributed by atoms with Crippen molar-refractivity contribution >= 4 is 12.1 Å². The Balaban J connectivity index is 4.15. The third-order valence-electron chi connectivity index (χ3n) is 2.16. The summed E-state index contributed by atoms with van der Waals surface area (Å²) in [4.78, 5) is 22.3. The summed E-state index contributed by atoms with van der Waals surface area (Å²) in [6.45, 7) is 9.03. The van der Waals surface area contributed by atoms with Gasteiger partial charge >= 0.3 is 12.1 Å². The van der Waals surface area contributed by atoms with Crippen molar-refractivity contribution in [2.75, 3.05) is 6.61 Å². The van der Waals surface area contributed by atoms with Crippen LogP contribution in [-0.4, -0.2) is 29.8 Å². The number of allylic oxidation sites excluding steroid dienone is 1. The Morgan fingerprint density at radius 3 is 2.47 bits per heavy atom. The summed E-state index contributed by atoms with van der Waals surface area (Å²) in [5.41, 5.74) is -0.564. The molecule has 0 aliphatic carbocycles. The van der Waals surface area contributed by atoms with Gasteiger partial charge in [-0.3, -0.25) is 0 Å². The number of hydrogen-bond acceptors (Lipinski definition) is 3. The van der Waals surface area contributed by atoms with Gasteiger partial charge < -0.3 is 15.2 Å². The third-order valence-corrected chi connectivity index (χ3v) is 2.16. The van der Waals surface area contributed by atoms with E-state index in [1.165, 1.54) is 0 Å². The lowest BCUT2D eigenvalue weighted by atomic mass is 9.87. The number of carbonyl (C=O) groups is 2. The maximum atomic E-state index is 11.3. The molecule has 0 aliphatic rings. The number of ether oxygens (including phenoxy) is 1. The number of nitrogens with one attached hydrogen (secondary N) is 1. The van der Waals surface area contributed by atoms with Crippen LogP contribution < -0.4 is 5.32 Å². The zero-order valence-corrected chi connectivity index (χ0v) is 10.7. The van der Waals surface area contributed by atoms with Crippen molar-refractivity contribution < 1.29 is 19.4 Å². The molecule has 0 fully saturated rings. The monoisotopic (exact) mass is 243 g/mol. The molecule has 0 bridgehead atoms. The standard InChI is InChI=1S/C12H21NO4/c1-5-6-7-8-17-11(16)13-9(10(14)15)12(2,3)4/h5,9H,1,6-8H2,2-4H3,(H,13,16)(H,14,15). The largest absolute Gasteiger partial charge is 0.480 e. The summed E-state index contributed by atoms with van der Waals surface area (Å²) < 4.78 is 4.86. The van der Waals surface area contributed by atoms with E-state index in [0.29, 0.717) is 6.42 Å². The number of unbranched alkanes of at least 4 members (excludes halogenated alkanes) is 1. The normalized spacial score (nSPS) is 12.6. The van der Waals surface area contributed by atoms with Crippen molar-refractivity contribution in [2.24, 2.45) is 5.41 Å². The number of amides is 1. The van der Waals surface area contributed by atoms with E-state index in [9.17, 15) is 9.59 Å². The number of carbonyl (C=O) groups excluding carboxylic acids is 1. The van der Waals surface area contributed by atoms with E-state index in [4.69, 9.17) is 9.84 Å². The van der Waals surface area contributed by atoms with Crippen LogP contribution in [0, 0.1) is 5.41 Å². The van der Waals surface area contributed by atoms with Gasteiger partial charge in [-0.05, 0) is 18.3 Å². The molecule has 5 heteroatoms. The van der Waals surface area contributed by atoms with Crippen molar-refractivity contribution in [2.45, 2.75) is 39.7 Å². The molecule has 1 unspecified atom stereocenters. The number of hydrogen-bond donors (Lipinski definition) is 2. The highest BCUT2D eigenvalue weighted by molar-refractivity contribution is 5.80. The Bertz CT molecular complexity index is 281. The molecule has 0 spiro atoms. The van der Waals surface area contributed by atoms with Crippen molar-refractivity contribution in [1.29, 1.82) is 0 Å². The van der Waals surface area contributed by atoms with E-state index in [1.807, 2.05) is 0 Å². The van der Waals surface area contributed by atoms with E-state index < -0.39 is 23.5 Å². The minimum absolute atomic E-state index is 0.258. The molecule has 2 N–H and O–H groups in total. The van der Waals surface area contributed by atoms with Gasteiger partial charge in [-0.25, -0.2) is 9.59 Å². The van der Waals surface area contributed by atoms with E-state index in [0.717, 1.165) is 6.42 Å². The second-order valence-electron chi connectivity index (χ2n) is 4.85. The van der Waals surface area contributed by atoms with Crippen LogP contribution in [0.25, 0.3) is 0 Å². The molecule has 1 atom stereocenters. The van der Waals surface area contributed by atoms with E-state index >= 15 is 0 Å². The lowest BCUT2D eigenvalue weighted by Crippen LogP contribution is -2.49. The lowest BCUT2D eigenvalue weighted by molar-refractivity contribution is -0.142. The molecule has 0 aromatic heterocycles. The molecule has 98 valence electrons. The van der Waals surface area contributed by atoms with Crippen molar-refractivity contribution in [3.8, 4) is 0 Å². The summed E-state index contributed by atoms with van der Waals surface area (Å²) in [6, 6.07) is -0.964. The second kappa shape index (κ2) is 6.93. The number of rotatable bonds is 6. The van der Waals surface area contributed by atoms with Gasteiger partial charge in [-0.1, -0.05) is 26.8 Å². The van der Waals surface area contributed by atoms with Gasteiger partial charge in [0.2, 0.25) is 0 Å². The highest BCUT2D eigenvalue weighted by Crippen LogP contribution is 2.19. The fraction of sp³-hybridized carbons (Fsp3) is 0.667. The van der Waals surface area contributed by atoms with Crippen LogP contribution in [0.1, 0.15) is 33.6 Å². The van der Waals surface area contributed by atoms with Crippen LogP contribution >= 0.6 is 0 Å². The molecular formula is C12H21NO4. The summed E-state index contributed by atoms with van der Waals surface area (Å²) in [7, 11) is 0. The van der Waals surface area contributed by atoms with Gasteiger partial charge in [0.1, 0.15) is 6.04 Å². The van der Waals surface area contributed by atoms with Crippen LogP contribution in [0.4, 0.5) is 4.79 Å². The van der Waals surface area contributed by atoms with Crippen molar-refractivity contribution in [3.63, 3.8) is 0 Å². The summed E-state index contributed by atoms with van der Waals surface area (Å²) in [6.07, 6.45) is 2.48. The lowest BCUT2D eigenvalue weighted by Gasteiger charge is -2.27. The first-order valence-corrected chi connectivity index (χ1v) is 5.56. The molecular weight excluding hydrogens is 222 g/mol. The quantitative estimate of drug-likeness (QED) is 0.554. The third kappa shape index (κ3) is 6.60. The molecule has 17 heavy (non-hydrogen) atoms. The second-order valence-corrected chi connectivity index (χ2v) is 4.85. The molecule has 5 nitrogen and oxygen atoms in total. The van der Waals surface area contributed by atoms with Crippen molar-refractivity contribution in [3.05, 3.63) is 12.7 Å². The van der Waals surface area contributed by atoms with E-state index in [-0.39, 0.29) is 6.61 Å². The maximum Gasteiger partial charge on any atom is 0.407 e. The Kier molecular flexibility index (Phi) is 6.31. The van der Waals surface area contributed by atoms with Gasteiger partial charge in [-0.15, -0.1) is 6.58 Å². The molecule has 0 saturated heterocycles. The Hall–Kier alpha value is -1.52. The zero-order chi connectivity index (χ0) is 13.5. The van der Waals surface area contributed by atoms with Crippen LogP contribution in [0.5, 0.6) is 0 Å². The minimum atomic E-state index is -1.07. The van der Waals surface area contributed by atoms with Crippen LogP contribution in [0.15, 0.2) is 12.7 Å². The summed E-state index contributed by atoms with van der Waals surface area (Å²) >= 11 is 0. The zero-order valence-electron chi connectivity index (χ0n) is 10.7. The summed E-state index contributed by atoms with van der Waals surface area (Å²) in [5, 5.41) is 11.3. The van der Waals surface area contributed by atoms with E-state index in [1.54, 1.807) is 26.8 Å². The molecule has 0 aromatic rings. The highest BCUT2D eigenvalue weighted by atomic mass is 16.5. The molecule has 0 radical (unpaired) electrons. The predicted octanol–water partition coefficient (Wildman–Crippen LogP) is 2.18. The molecule has 0 aliphatic heterocycles. The predicted molar refractivity (Wildman–Crippen MR) is 64.8 cm³/mol. The Labute approximate surface area is 102 Å². The SMILES string of the molecule is C=CCCCOC(=O)NC(C(=O)O)C(C)(C)C. The highest BCUT2D eigenvalue weighted by Gasteiger charge is 2.32. The Morgan fingerprint density at radius 1 is 1.47 bits per heavy atom.